The fourth-order valence-corrected chi connectivity index (χ4v) is 5.29. The summed E-state index contributed by atoms with van der Waals surface area (Å²) in [5.74, 6) is -0.0972. The highest BCUT2D eigenvalue weighted by molar-refractivity contribution is 7.80. The molecule has 0 bridgehead atoms. The average molecular weight is 577 g/mol. The minimum absolute atomic E-state index is 0.0919. The number of thiocarbonyl (C=S) groups is 1. The zero-order chi connectivity index (χ0) is 28.4. The number of nitrogens with zero attached hydrogens (tertiary/aromatic N) is 2. The van der Waals surface area contributed by atoms with Gasteiger partial charge in [0.2, 0.25) is 5.91 Å². The lowest BCUT2D eigenvalue weighted by molar-refractivity contribution is -0.119. The number of carboxylic acid groups (broad SMARTS) is 1. The van der Waals surface area contributed by atoms with Crippen LogP contribution in [0.25, 0.3) is 11.3 Å². The first kappa shape index (κ1) is 27.3. The number of aryl methyl sites for hydroxylation is 1. The van der Waals surface area contributed by atoms with Crippen molar-refractivity contribution in [3.63, 3.8) is 0 Å². The lowest BCUT2D eigenvalue weighted by Crippen LogP contribution is -2.29. The number of carbonyl (C=O) groups excluding carboxylic acids is 1. The number of methoxy groups -OCH3 is 1. The molecular formula is C29H25ClN4O5S. The number of carbonyl (C=O) groups is 2. The number of benzene rings is 2. The predicted octanol–water partition coefficient (Wildman–Crippen LogP) is 5.76. The molecule has 40 heavy (non-hydrogen) atoms. The molecule has 2 aromatic heterocycles. The second-order valence-electron chi connectivity index (χ2n) is 9.18. The molecule has 4 aromatic rings. The van der Waals surface area contributed by atoms with Crippen LogP contribution in [0.2, 0.25) is 5.02 Å². The predicted molar refractivity (Wildman–Crippen MR) is 156 cm³/mol. The van der Waals surface area contributed by atoms with Gasteiger partial charge in [0.05, 0.1) is 28.0 Å². The van der Waals surface area contributed by atoms with Gasteiger partial charge in [-0.05, 0) is 79.3 Å². The number of carboxylic acids is 1. The summed E-state index contributed by atoms with van der Waals surface area (Å²) in [6, 6.07) is 18.8. The van der Waals surface area contributed by atoms with Crippen LogP contribution < -0.4 is 15.5 Å². The summed E-state index contributed by atoms with van der Waals surface area (Å²) in [5.41, 5.74) is 3.67. The largest absolute Gasteiger partial charge is 0.478 e. The van der Waals surface area contributed by atoms with E-state index in [-0.39, 0.29) is 24.1 Å². The lowest BCUT2D eigenvalue weighted by atomic mass is 10.0. The van der Waals surface area contributed by atoms with Crippen molar-refractivity contribution in [3.05, 3.63) is 101 Å². The van der Waals surface area contributed by atoms with Gasteiger partial charge >= 0.3 is 5.97 Å². The molecule has 1 saturated heterocycles. The molecule has 0 spiro atoms. The van der Waals surface area contributed by atoms with Crippen molar-refractivity contribution in [3.8, 4) is 11.3 Å². The van der Waals surface area contributed by atoms with Gasteiger partial charge in [-0.2, -0.15) is 0 Å². The van der Waals surface area contributed by atoms with Gasteiger partial charge in [-0.3, -0.25) is 9.78 Å². The van der Waals surface area contributed by atoms with Gasteiger partial charge in [-0.1, -0.05) is 23.7 Å². The second kappa shape index (κ2) is 11.5. The molecule has 1 aliphatic rings. The third-order valence-corrected chi connectivity index (χ3v) is 7.16. The summed E-state index contributed by atoms with van der Waals surface area (Å²) in [6.07, 6.45) is 1.72. The van der Waals surface area contributed by atoms with Crippen molar-refractivity contribution in [1.29, 1.82) is 0 Å². The number of anilines is 2. The lowest BCUT2D eigenvalue weighted by Gasteiger charge is -2.26. The third kappa shape index (κ3) is 5.42. The van der Waals surface area contributed by atoms with Crippen LogP contribution in [0.15, 0.2) is 77.3 Å². The topological polar surface area (TPSA) is 117 Å². The van der Waals surface area contributed by atoms with Crippen LogP contribution in [0, 0.1) is 6.92 Å². The number of hydrogen-bond acceptors (Lipinski definition) is 6. The first-order chi connectivity index (χ1) is 19.3. The van der Waals surface area contributed by atoms with Crippen molar-refractivity contribution in [2.75, 3.05) is 23.9 Å². The maximum absolute atomic E-state index is 12.0. The number of hydrogen-bond donors (Lipinski definition) is 3. The zero-order valence-corrected chi connectivity index (χ0v) is 23.1. The van der Waals surface area contributed by atoms with Crippen molar-refractivity contribution in [2.24, 2.45) is 0 Å². The van der Waals surface area contributed by atoms with E-state index in [1.165, 1.54) is 7.11 Å². The molecule has 0 saturated carbocycles. The molecule has 11 heteroatoms. The molecule has 9 nitrogen and oxygen atoms in total. The van der Waals surface area contributed by atoms with Gasteiger partial charge in [0.15, 0.2) is 5.11 Å². The van der Waals surface area contributed by atoms with Gasteiger partial charge in [-0.25, -0.2) is 4.79 Å². The van der Waals surface area contributed by atoms with Crippen LogP contribution in [-0.4, -0.2) is 40.8 Å². The summed E-state index contributed by atoms with van der Waals surface area (Å²) in [5, 5.41) is 16.2. The van der Waals surface area contributed by atoms with E-state index in [0.717, 1.165) is 16.8 Å². The molecule has 0 radical (unpaired) electrons. The number of pyridine rings is 1. The van der Waals surface area contributed by atoms with Crippen LogP contribution >= 0.6 is 23.8 Å². The van der Waals surface area contributed by atoms with E-state index in [1.807, 2.05) is 48.2 Å². The highest BCUT2D eigenvalue weighted by Crippen LogP contribution is 2.44. The van der Waals surface area contributed by atoms with E-state index < -0.39 is 12.0 Å². The molecular weight excluding hydrogens is 552 g/mol. The molecule has 2 aromatic carbocycles. The highest BCUT2D eigenvalue weighted by Gasteiger charge is 2.42. The third-order valence-electron chi connectivity index (χ3n) is 6.54. The quantitative estimate of drug-likeness (QED) is 0.225. The molecule has 204 valence electrons. The molecule has 1 amide bonds. The van der Waals surface area contributed by atoms with Crippen LogP contribution in [0.3, 0.4) is 0 Å². The van der Waals surface area contributed by atoms with Crippen molar-refractivity contribution < 1.29 is 23.8 Å². The summed E-state index contributed by atoms with van der Waals surface area (Å²) in [4.78, 5) is 29.9. The maximum atomic E-state index is 12.0. The minimum atomic E-state index is -0.989. The molecule has 3 N–H and O–H groups in total. The number of rotatable bonds is 8. The molecule has 0 aliphatic carbocycles. The molecule has 1 fully saturated rings. The first-order valence-electron chi connectivity index (χ1n) is 12.3. The Kier molecular flexibility index (Phi) is 7.83. The molecule has 2 atom stereocenters. The standard InChI is InChI=1S/C29H25ClN4O5S/c1-16-13-17(28(36)37)6-8-19(16)23-10-11-24(39-23)27-26(22-5-3-4-12-31-22)33-29(40)34(27)18-7-9-21(20(30)14-18)32-25(35)15-38-2/h3-14,26-27H,15H2,1-2H3,(H,32,35)(H,33,40)(H,36,37)/t26-,27-/m0/s1. The van der Waals surface area contributed by atoms with Crippen LogP contribution in [-0.2, 0) is 9.53 Å². The Hall–Kier alpha value is -4.25. The molecule has 0 unspecified atom stereocenters. The van der Waals surface area contributed by atoms with E-state index in [9.17, 15) is 14.7 Å². The summed E-state index contributed by atoms with van der Waals surface area (Å²) in [7, 11) is 1.44. The van der Waals surface area contributed by atoms with Gasteiger partial charge in [0, 0.05) is 24.6 Å². The Balaban J connectivity index is 1.54. The van der Waals surface area contributed by atoms with E-state index in [1.54, 1.807) is 36.5 Å². The fourth-order valence-electron chi connectivity index (χ4n) is 4.72. The van der Waals surface area contributed by atoms with Crippen LogP contribution in [0.1, 0.15) is 39.5 Å². The van der Waals surface area contributed by atoms with E-state index in [0.29, 0.717) is 33.0 Å². The number of ether oxygens (including phenoxy) is 1. The highest BCUT2D eigenvalue weighted by atomic mass is 35.5. The van der Waals surface area contributed by atoms with Gasteiger partial charge in [-0.15, -0.1) is 0 Å². The number of nitrogens with one attached hydrogen (secondary N) is 2. The molecule has 3 heterocycles. The van der Waals surface area contributed by atoms with Crippen molar-refractivity contribution >= 4 is 52.2 Å². The Bertz CT molecular complexity index is 1590. The fraction of sp³-hybridized carbons (Fsp3) is 0.172. The Morgan fingerprint density at radius 1 is 1.18 bits per heavy atom. The summed E-state index contributed by atoms with van der Waals surface area (Å²) in [6.45, 7) is 1.75. The van der Waals surface area contributed by atoms with Gasteiger partial charge in [0.1, 0.15) is 24.2 Å². The van der Waals surface area contributed by atoms with Gasteiger partial charge < -0.3 is 29.8 Å². The zero-order valence-electron chi connectivity index (χ0n) is 21.6. The van der Waals surface area contributed by atoms with Crippen LogP contribution in [0.5, 0.6) is 0 Å². The summed E-state index contributed by atoms with van der Waals surface area (Å²) < 4.78 is 11.3. The first-order valence-corrected chi connectivity index (χ1v) is 13.1. The number of aromatic carboxylic acids is 1. The second-order valence-corrected chi connectivity index (χ2v) is 9.97. The Morgan fingerprint density at radius 2 is 2.00 bits per heavy atom. The maximum Gasteiger partial charge on any atom is 0.335 e. The Labute approximate surface area is 240 Å². The number of halogens is 1. The van der Waals surface area contributed by atoms with Gasteiger partial charge in [0.25, 0.3) is 0 Å². The number of amides is 1. The number of aromatic nitrogens is 1. The van der Waals surface area contributed by atoms with Crippen LogP contribution in [0.4, 0.5) is 11.4 Å². The normalized spacial score (nSPS) is 16.6. The summed E-state index contributed by atoms with van der Waals surface area (Å²) >= 11 is 12.3. The molecule has 5 rings (SSSR count). The van der Waals surface area contributed by atoms with E-state index >= 15 is 0 Å². The Morgan fingerprint density at radius 3 is 2.67 bits per heavy atom. The van der Waals surface area contributed by atoms with E-state index in [4.69, 9.17) is 33.0 Å². The average Bonchev–Trinajstić information content (AvgIpc) is 3.55. The van der Waals surface area contributed by atoms with Crippen molar-refractivity contribution in [1.82, 2.24) is 10.3 Å². The minimum Gasteiger partial charge on any atom is -0.478 e. The van der Waals surface area contributed by atoms with E-state index in [2.05, 4.69) is 15.6 Å². The number of furan rings is 1. The molecule has 1 aliphatic heterocycles. The SMILES string of the molecule is COCC(=O)Nc1ccc(N2C(=S)N[C@@H](c3ccccn3)[C@@H]2c2ccc(-c3ccc(C(=O)O)cc3C)o2)cc1Cl. The monoisotopic (exact) mass is 576 g/mol. The van der Waals surface area contributed by atoms with Crippen molar-refractivity contribution in [2.45, 2.75) is 19.0 Å². The smallest absolute Gasteiger partial charge is 0.335 e.